The zero-order valence-corrected chi connectivity index (χ0v) is 20.6. The number of nitrogens with one attached hydrogen (secondary N) is 2. The van der Waals surface area contributed by atoms with Crippen LogP contribution in [0.2, 0.25) is 0 Å². The van der Waals surface area contributed by atoms with E-state index in [9.17, 15) is 9.59 Å². The summed E-state index contributed by atoms with van der Waals surface area (Å²) in [6.45, 7) is 7.38. The molecule has 1 saturated carbocycles. The molecule has 9 heteroatoms. The number of fused-ring (bicyclic) bond motifs is 5. The van der Waals surface area contributed by atoms with Crippen LogP contribution in [0.3, 0.4) is 0 Å². The van der Waals surface area contributed by atoms with Crippen LogP contribution in [-0.4, -0.2) is 58.4 Å². The first-order chi connectivity index (χ1) is 14.6. The highest BCUT2D eigenvalue weighted by Crippen LogP contribution is 2.52. The van der Waals surface area contributed by atoms with Crippen LogP contribution in [0.1, 0.15) is 32.0 Å². The van der Waals surface area contributed by atoms with Gasteiger partial charge in [-0.1, -0.05) is 12.2 Å². The summed E-state index contributed by atoms with van der Waals surface area (Å²) in [4.78, 5) is 35.8. The van der Waals surface area contributed by atoms with E-state index >= 15 is 0 Å². The maximum absolute atomic E-state index is 12.7. The van der Waals surface area contributed by atoms with Crippen LogP contribution < -0.4 is 10.6 Å². The van der Waals surface area contributed by atoms with Gasteiger partial charge in [0.1, 0.15) is 5.82 Å². The highest BCUT2D eigenvalue weighted by molar-refractivity contribution is 14.0. The molecule has 2 bridgehead atoms. The Morgan fingerprint density at radius 2 is 1.84 bits per heavy atom. The van der Waals surface area contributed by atoms with Gasteiger partial charge in [-0.05, 0) is 44.9 Å². The molecule has 1 aromatic rings. The number of rotatable bonds is 9. The third-order valence-electron chi connectivity index (χ3n) is 6.53. The van der Waals surface area contributed by atoms with Crippen molar-refractivity contribution in [2.24, 2.45) is 28.7 Å². The molecule has 4 rings (SSSR count). The molecule has 1 aliphatic heterocycles. The van der Waals surface area contributed by atoms with Crippen LogP contribution in [0.15, 0.2) is 29.5 Å². The molecule has 2 aliphatic carbocycles. The zero-order chi connectivity index (χ0) is 21.1. The van der Waals surface area contributed by atoms with Crippen LogP contribution in [0.5, 0.6) is 0 Å². The molecule has 1 aromatic heterocycles. The number of halogens is 1. The quantitative estimate of drug-likeness (QED) is 0.125. The SMILES string of the molecule is CCNC(=NCCCCn1ccnc1C)NCCN1C(=O)C2C3C=CC(C3)C2C1=O.I. The smallest absolute Gasteiger partial charge is 0.233 e. The first-order valence-electron chi connectivity index (χ1n) is 11.1. The number of likely N-dealkylation sites (tertiary alicyclic amines) is 1. The van der Waals surface area contributed by atoms with Crippen molar-refractivity contribution in [1.82, 2.24) is 25.1 Å². The molecule has 1 saturated heterocycles. The summed E-state index contributed by atoms with van der Waals surface area (Å²) in [7, 11) is 0. The number of aromatic nitrogens is 2. The Morgan fingerprint density at radius 1 is 1.13 bits per heavy atom. The predicted molar refractivity (Wildman–Crippen MR) is 130 cm³/mol. The third kappa shape index (κ3) is 4.96. The van der Waals surface area contributed by atoms with Crippen molar-refractivity contribution >= 4 is 41.8 Å². The topological polar surface area (TPSA) is 91.6 Å². The summed E-state index contributed by atoms with van der Waals surface area (Å²) in [5, 5.41) is 6.50. The van der Waals surface area contributed by atoms with Gasteiger partial charge in [-0.15, -0.1) is 24.0 Å². The Morgan fingerprint density at radius 3 is 2.45 bits per heavy atom. The van der Waals surface area contributed by atoms with Crippen molar-refractivity contribution in [2.75, 3.05) is 26.2 Å². The zero-order valence-electron chi connectivity index (χ0n) is 18.3. The maximum atomic E-state index is 12.7. The summed E-state index contributed by atoms with van der Waals surface area (Å²) in [5.41, 5.74) is 0. The Kier molecular flexibility index (Phi) is 8.12. The number of hydrogen-bond acceptors (Lipinski definition) is 4. The molecule has 4 atom stereocenters. The van der Waals surface area contributed by atoms with Crippen molar-refractivity contribution in [3.8, 4) is 0 Å². The number of hydrogen-bond donors (Lipinski definition) is 2. The summed E-state index contributed by atoms with van der Waals surface area (Å²) in [6, 6.07) is 0. The number of imide groups is 1. The average Bonchev–Trinajstić information content (AvgIpc) is 3.49. The third-order valence-corrected chi connectivity index (χ3v) is 6.53. The maximum Gasteiger partial charge on any atom is 0.233 e. The molecule has 2 amide bonds. The molecular formula is C22H33IN6O2. The molecule has 3 aliphatic rings. The summed E-state index contributed by atoms with van der Waals surface area (Å²) in [5.74, 6) is 2.09. The molecular weight excluding hydrogens is 507 g/mol. The van der Waals surface area contributed by atoms with Gasteiger partial charge in [0.05, 0.1) is 11.8 Å². The second-order valence-electron chi connectivity index (χ2n) is 8.39. The van der Waals surface area contributed by atoms with Crippen molar-refractivity contribution in [3.63, 3.8) is 0 Å². The lowest BCUT2D eigenvalue weighted by molar-refractivity contribution is -0.140. The molecule has 0 radical (unpaired) electrons. The molecule has 170 valence electrons. The van der Waals surface area contributed by atoms with Gasteiger partial charge in [-0.3, -0.25) is 19.5 Å². The Balaban J connectivity index is 0.00000272. The van der Waals surface area contributed by atoms with Gasteiger partial charge in [0.25, 0.3) is 0 Å². The largest absolute Gasteiger partial charge is 0.357 e. The Bertz CT molecular complexity index is 821. The van der Waals surface area contributed by atoms with Gasteiger partial charge >= 0.3 is 0 Å². The minimum atomic E-state index is -0.117. The van der Waals surface area contributed by atoms with Crippen LogP contribution >= 0.6 is 24.0 Å². The number of unbranched alkanes of at least 4 members (excludes halogenated alkanes) is 1. The number of guanidine groups is 1. The molecule has 4 unspecified atom stereocenters. The fourth-order valence-corrected chi connectivity index (χ4v) is 5.04. The Hall–Kier alpha value is -1.91. The van der Waals surface area contributed by atoms with Gasteiger partial charge < -0.3 is 15.2 Å². The monoisotopic (exact) mass is 540 g/mol. The molecule has 0 spiro atoms. The molecule has 31 heavy (non-hydrogen) atoms. The van der Waals surface area contributed by atoms with Crippen molar-refractivity contribution in [2.45, 2.75) is 39.7 Å². The fraction of sp³-hybridized carbons (Fsp3) is 0.636. The van der Waals surface area contributed by atoms with Gasteiger partial charge in [0.15, 0.2) is 5.96 Å². The fourth-order valence-electron chi connectivity index (χ4n) is 5.04. The number of carbonyl (C=O) groups is 2. The van der Waals surface area contributed by atoms with E-state index in [1.807, 2.05) is 26.2 Å². The van der Waals surface area contributed by atoms with Crippen LogP contribution in [-0.2, 0) is 16.1 Å². The normalized spacial score (nSPS) is 26.4. The first kappa shape index (κ1) is 23.7. The molecule has 2 fully saturated rings. The van der Waals surface area contributed by atoms with Crippen molar-refractivity contribution in [3.05, 3.63) is 30.4 Å². The van der Waals surface area contributed by atoms with Crippen molar-refractivity contribution in [1.29, 1.82) is 0 Å². The van der Waals surface area contributed by atoms with E-state index in [1.54, 1.807) is 0 Å². The average molecular weight is 540 g/mol. The molecule has 2 heterocycles. The van der Waals surface area contributed by atoms with Crippen LogP contribution in [0.25, 0.3) is 0 Å². The van der Waals surface area contributed by atoms with E-state index < -0.39 is 0 Å². The van der Waals surface area contributed by atoms with E-state index in [0.717, 1.165) is 50.7 Å². The summed E-state index contributed by atoms with van der Waals surface area (Å²) < 4.78 is 2.15. The number of imidazole rings is 1. The summed E-state index contributed by atoms with van der Waals surface area (Å²) >= 11 is 0. The lowest BCUT2D eigenvalue weighted by atomic mass is 9.85. The number of carbonyl (C=O) groups excluding carboxylic acids is 2. The minimum Gasteiger partial charge on any atom is -0.357 e. The van der Waals surface area contributed by atoms with Crippen LogP contribution in [0, 0.1) is 30.6 Å². The van der Waals surface area contributed by atoms with Gasteiger partial charge in [0, 0.05) is 45.1 Å². The van der Waals surface area contributed by atoms with Gasteiger partial charge in [-0.2, -0.15) is 0 Å². The van der Waals surface area contributed by atoms with E-state index in [-0.39, 0.29) is 59.5 Å². The van der Waals surface area contributed by atoms with E-state index in [0.29, 0.717) is 13.1 Å². The van der Waals surface area contributed by atoms with Crippen LogP contribution in [0.4, 0.5) is 0 Å². The van der Waals surface area contributed by atoms with Crippen molar-refractivity contribution < 1.29 is 9.59 Å². The summed E-state index contributed by atoms with van der Waals surface area (Å²) in [6.07, 6.45) is 11.1. The highest BCUT2D eigenvalue weighted by atomic mass is 127. The number of aliphatic imine (C=N–C) groups is 1. The highest BCUT2D eigenvalue weighted by Gasteiger charge is 2.58. The van der Waals surface area contributed by atoms with Gasteiger partial charge in [0.2, 0.25) is 11.8 Å². The lowest BCUT2D eigenvalue weighted by Crippen LogP contribution is -2.43. The molecule has 8 nitrogen and oxygen atoms in total. The first-order valence-corrected chi connectivity index (χ1v) is 11.1. The molecule has 2 N–H and O–H groups in total. The number of amides is 2. The van der Waals surface area contributed by atoms with Gasteiger partial charge in [-0.25, -0.2) is 4.98 Å². The number of aryl methyl sites for hydroxylation is 2. The van der Waals surface area contributed by atoms with E-state index in [4.69, 9.17) is 0 Å². The minimum absolute atomic E-state index is 0. The number of nitrogens with zero attached hydrogens (tertiary/aromatic N) is 4. The predicted octanol–water partition coefficient (Wildman–Crippen LogP) is 1.95. The van der Waals surface area contributed by atoms with E-state index in [1.165, 1.54) is 4.90 Å². The lowest BCUT2D eigenvalue weighted by Gasteiger charge is -2.18. The van der Waals surface area contributed by atoms with E-state index in [2.05, 4.69) is 37.3 Å². The molecule has 0 aromatic carbocycles. The standard InChI is InChI=1S/C22H32N6O2.HI/c1-3-23-22(25-8-4-5-11-27-12-9-24-15(27)2)26-10-13-28-20(29)18-16-6-7-17(14-16)19(18)21(28)30;/h6-7,9,12,16-19H,3-5,8,10-11,13-14H2,1-2H3,(H2,23,25,26);1H. The second kappa shape index (κ2) is 10.6. The second-order valence-corrected chi connectivity index (χ2v) is 8.39. The number of allylic oxidation sites excluding steroid dienone is 2. The Labute approximate surface area is 201 Å².